The van der Waals surface area contributed by atoms with Gasteiger partial charge in [0.15, 0.2) is 0 Å². The molecule has 0 amide bonds. The Hall–Kier alpha value is -0.240. The highest BCUT2D eigenvalue weighted by atomic mass is 16.5. The third-order valence-electron chi connectivity index (χ3n) is 6.13. The van der Waals surface area contributed by atoms with Gasteiger partial charge in [0.2, 0.25) is 0 Å². The number of piperidine rings is 1. The highest BCUT2D eigenvalue weighted by molar-refractivity contribution is 4.90. The molecule has 0 aliphatic carbocycles. The van der Waals surface area contributed by atoms with Crippen molar-refractivity contribution < 1.29 is 19.9 Å². The van der Waals surface area contributed by atoms with Crippen molar-refractivity contribution in [1.29, 1.82) is 0 Å². The van der Waals surface area contributed by atoms with E-state index in [9.17, 15) is 5.11 Å². The molecule has 3 heterocycles. The Morgan fingerprint density at radius 3 is 1.96 bits per heavy atom. The van der Waals surface area contributed by atoms with Gasteiger partial charge < -0.3 is 19.9 Å². The van der Waals surface area contributed by atoms with Gasteiger partial charge >= 0.3 is 0 Å². The second-order valence-corrected chi connectivity index (χ2v) is 9.16. The number of quaternary nitrogens is 1. The van der Waals surface area contributed by atoms with E-state index in [2.05, 4.69) is 35.9 Å². The molecular weight excluding hydrogens is 318 g/mol. The molecule has 3 aliphatic rings. The Balaban J connectivity index is 1.64. The van der Waals surface area contributed by atoms with Crippen molar-refractivity contribution in [2.45, 2.75) is 45.4 Å². The molecular formula is C19H38N3O3+. The molecule has 4 atom stereocenters. The molecule has 0 spiro atoms. The third kappa shape index (κ3) is 5.37. The van der Waals surface area contributed by atoms with Crippen molar-refractivity contribution in [3.8, 4) is 0 Å². The molecule has 3 N–H and O–H groups in total. The Kier molecular flexibility index (Phi) is 6.74. The van der Waals surface area contributed by atoms with Crippen LogP contribution in [0.5, 0.6) is 0 Å². The number of nitrogens with zero attached hydrogens (tertiary/aromatic N) is 2. The SMILES string of the molecule is CC(C)(C)C1[NH2+]C(CN2CCOCC2)CC(CN2CCOCC2)C1O. The first-order valence-corrected chi connectivity index (χ1v) is 10.1. The zero-order valence-electron chi connectivity index (χ0n) is 16.3. The summed E-state index contributed by atoms with van der Waals surface area (Å²) in [6.07, 6.45) is 0.867. The molecule has 0 aromatic carbocycles. The molecule has 4 unspecified atom stereocenters. The Morgan fingerprint density at radius 2 is 1.44 bits per heavy atom. The summed E-state index contributed by atoms with van der Waals surface area (Å²) in [6.45, 7) is 16.4. The molecule has 0 aromatic rings. The first-order valence-electron chi connectivity index (χ1n) is 10.1. The van der Waals surface area contributed by atoms with Crippen LogP contribution < -0.4 is 5.32 Å². The molecule has 3 saturated heterocycles. The van der Waals surface area contributed by atoms with E-state index in [1.54, 1.807) is 0 Å². The van der Waals surface area contributed by atoms with Gasteiger partial charge in [0, 0.05) is 50.5 Å². The first kappa shape index (κ1) is 19.5. The fourth-order valence-electron chi connectivity index (χ4n) is 4.66. The van der Waals surface area contributed by atoms with E-state index < -0.39 is 0 Å². The quantitative estimate of drug-likeness (QED) is 0.703. The van der Waals surface area contributed by atoms with Gasteiger partial charge in [0.1, 0.15) is 12.1 Å². The lowest BCUT2D eigenvalue weighted by Gasteiger charge is -2.45. The fraction of sp³-hybridized carbons (Fsp3) is 1.00. The van der Waals surface area contributed by atoms with Crippen LogP contribution in [-0.2, 0) is 9.47 Å². The molecule has 0 bridgehead atoms. The number of ether oxygens (including phenoxy) is 2. The van der Waals surface area contributed by atoms with Crippen molar-refractivity contribution in [2.75, 3.05) is 65.7 Å². The largest absolute Gasteiger partial charge is 0.387 e. The third-order valence-corrected chi connectivity index (χ3v) is 6.13. The minimum absolute atomic E-state index is 0.104. The van der Waals surface area contributed by atoms with Crippen LogP contribution in [-0.4, -0.2) is 98.8 Å². The van der Waals surface area contributed by atoms with E-state index in [1.165, 1.54) is 0 Å². The summed E-state index contributed by atoms with van der Waals surface area (Å²) in [4.78, 5) is 5.02. The lowest BCUT2D eigenvalue weighted by molar-refractivity contribution is -0.750. The Bertz CT molecular complexity index is 403. The summed E-state index contributed by atoms with van der Waals surface area (Å²) in [5.74, 6) is 0.360. The number of hydrogen-bond acceptors (Lipinski definition) is 5. The molecule has 146 valence electrons. The second kappa shape index (κ2) is 8.63. The van der Waals surface area contributed by atoms with Crippen molar-refractivity contribution in [1.82, 2.24) is 9.80 Å². The number of aliphatic hydroxyl groups is 1. The van der Waals surface area contributed by atoms with E-state index in [4.69, 9.17) is 9.47 Å². The molecule has 3 rings (SSSR count). The standard InChI is InChI=1S/C19H37N3O3/c1-19(2,3)18-17(23)15(13-21-4-8-24-9-5-21)12-16(20-18)14-22-6-10-25-11-7-22/h15-18,20,23H,4-14H2,1-3H3/p+1. The van der Waals surface area contributed by atoms with E-state index >= 15 is 0 Å². The van der Waals surface area contributed by atoms with Crippen LogP contribution in [0.2, 0.25) is 0 Å². The van der Waals surface area contributed by atoms with Crippen LogP contribution in [0, 0.1) is 11.3 Å². The zero-order valence-corrected chi connectivity index (χ0v) is 16.3. The molecule has 6 nitrogen and oxygen atoms in total. The zero-order chi connectivity index (χ0) is 17.9. The lowest BCUT2D eigenvalue weighted by Crippen LogP contribution is -3.03. The van der Waals surface area contributed by atoms with E-state index in [1.807, 2.05) is 0 Å². The number of hydrogen-bond donors (Lipinski definition) is 2. The predicted molar refractivity (Wildman–Crippen MR) is 97.6 cm³/mol. The maximum absolute atomic E-state index is 11.1. The average molecular weight is 357 g/mol. The van der Waals surface area contributed by atoms with Crippen molar-refractivity contribution in [2.24, 2.45) is 11.3 Å². The average Bonchev–Trinajstić information content (AvgIpc) is 2.58. The predicted octanol–water partition coefficient (Wildman–Crippen LogP) is -0.622. The number of morpholine rings is 2. The van der Waals surface area contributed by atoms with E-state index in [0.29, 0.717) is 12.0 Å². The normalized spacial score (nSPS) is 36.5. The van der Waals surface area contributed by atoms with Gasteiger partial charge in [-0.05, 0) is 0 Å². The van der Waals surface area contributed by atoms with Crippen LogP contribution in [0.3, 0.4) is 0 Å². The second-order valence-electron chi connectivity index (χ2n) is 9.16. The van der Waals surface area contributed by atoms with Gasteiger partial charge in [0.25, 0.3) is 0 Å². The number of aliphatic hydroxyl groups excluding tert-OH is 1. The molecule has 0 radical (unpaired) electrons. The summed E-state index contributed by atoms with van der Waals surface area (Å²) >= 11 is 0. The summed E-state index contributed by atoms with van der Waals surface area (Å²) < 4.78 is 11.0. The van der Waals surface area contributed by atoms with Gasteiger partial charge in [-0.1, -0.05) is 20.8 Å². The topological polar surface area (TPSA) is 61.8 Å². The highest BCUT2D eigenvalue weighted by Gasteiger charge is 2.46. The highest BCUT2D eigenvalue weighted by Crippen LogP contribution is 2.28. The molecule has 0 saturated carbocycles. The Labute approximate surface area is 152 Å². The van der Waals surface area contributed by atoms with Gasteiger partial charge in [-0.15, -0.1) is 0 Å². The Morgan fingerprint density at radius 1 is 0.920 bits per heavy atom. The minimum Gasteiger partial charge on any atom is -0.387 e. The van der Waals surface area contributed by atoms with Crippen LogP contribution in [0.4, 0.5) is 0 Å². The maximum Gasteiger partial charge on any atom is 0.118 e. The number of nitrogens with two attached hydrogens (primary N) is 1. The van der Waals surface area contributed by atoms with Gasteiger partial charge in [-0.3, -0.25) is 9.80 Å². The van der Waals surface area contributed by atoms with Crippen molar-refractivity contribution >= 4 is 0 Å². The summed E-state index contributed by atoms with van der Waals surface area (Å²) in [5.41, 5.74) is 0.104. The van der Waals surface area contributed by atoms with Crippen molar-refractivity contribution in [3.63, 3.8) is 0 Å². The van der Waals surface area contributed by atoms with Crippen LogP contribution in [0.25, 0.3) is 0 Å². The monoisotopic (exact) mass is 356 g/mol. The van der Waals surface area contributed by atoms with Crippen LogP contribution >= 0.6 is 0 Å². The van der Waals surface area contributed by atoms with E-state index in [-0.39, 0.29) is 17.6 Å². The fourth-order valence-corrected chi connectivity index (χ4v) is 4.66. The molecule has 0 aromatic heterocycles. The summed E-state index contributed by atoms with van der Waals surface area (Å²) in [7, 11) is 0. The van der Waals surface area contributed by atoms with Crippen LogP contribution in [0.1, 0.15) is 27.2 Å². The minimum atomic E-state index is -0.233. The summed E-state index contributed by atoms with van der Waals surface area (Å²) in [5, 5.41) is 13.6. The van der Waals surface area contributed by atoms with Gasteiger partial charge in [-0.25, -0.2) is 0 Å². The van der Waals surface area contributed by atoms with Crippen LogP contribution in [0.15, 0.2) is 0 Å². The van der Waals surface area contributed by atoms with Crippen molar-refractivity contribution in [3.05, 3.63) is 0 Å². The summed E-state index contributed by atoms with van der Waals surface area (Å²) in [6, 6.07) is 0.829. The molecule has 25 heavy (non-hydrogen) atoms. The maximum atomic E-state index is 11.1. The van der Waals surface area contributed by atoms with Gasteiger partial charge in [0.05, 0.1) is 39.0 Å². The van der Waals surface area contributed by atoms with Gasteiger partial charge in [-0.2, -0.15) is 0 Å². The molecule has 3 aliphatic heterocycles. The first-order chi connectivity index (χ1) is 11.9. The van der Waals surface area contributed by atoms with E-state index in [0.717, 1.165) is 72.1 Å². The lowest BCUT2D eigenvalue weighted by atomic mass is 9.74. The number of rotatable bonds is 4. The molecule has 3 fully saturated rings. The smallest absolute Gasteiger partial charge is 0.118 e. The molecule has 6 heteroatoms.